The van der Waals surface area contributed by atoms with Crippen LogP contribution in [0.5, 0.6) is 0 Å². The Hall–Kier alpha value is -5.39. The Labute approximate surface area is 280 Å². The molecule has 0 aliphatic carbocycles. The van der Waals surface area contributed by atoms with Gasteiger partial charge < -0.3 is 0 Å². The zero-order valence-corrected chi connectivity index (χ0v) is 27.0. The normalized spacial score (nSPS) is 14.4. The third-order valence-electron chi connectivity index (χ3n) is 9.55. The second kappa shape index (κ2) is 11.1. The molecule has 5 nitrogen and oxygen atoms in total. The third-order valence-corrected chi connectivity index (χ3v) is 9.55. The minimum absolute atomic E-state index is 0.395. The van der Waals surface area contributed by atoms with E-state index in [0.29, 0.717) is 17.3 Å². The summed E-state index contributed by atoms with van der Waals surface area (Å²) in [6.45, 7) is 6.44. The summed E-state index contributed by atoms with van der Waals surface area (Å²) in [6.07, 6.45) is 1.91. The maximum atomic E-state index is 8.03. The van der Waals surface area contributed by atoms with Crippen molar-refractivity contribution in [2.45, 2.75) is 39.0 Å². The minimum atomic E-state index is -2.46. The van der Waals surface area contributed by atoms with Crippen molar-refractivity contribution in [3.05, 3.63) is 150 Å². The summed E-state index contributed by atoms with van der Waals surface area (Å²) >= 11 is 0. The van der Waals surface area contributed by atoms with Crippen LogP contribution in [0.4, 0.5) is 17.1 Å². The van der Waals surface area contributed by atoms with E-state index in [-0.39, 0.29) is 0 Å². The zero-order chi connectivity index (χ0) is 34.8. The number of hydroxylamine groups is 1. The first-order chi connectivity index (χ1) is 24.0. The molecular formula is C42H38N4O. The van der Waals surface area contributed by atoms with Gasteiger partial charge in [0.2, 0.25) is 0 Å². The number of hydrogen-bond acceptors (Lipinski definition) is 4. The van der Waals surface area contributed by atoms with E-state index in [0.717, 1.165) is 49.7 Å². The Morgan fingerprint density at radius 1 is 0.702 bits per heavy atom. The molecule has 1 aliphatic rings. The summed E-state index contributed by atoms with van der Waals surface area (Å²) in [5.74, 6) is 1.26. The van der Waals surface area contributed by atoms with E-state index in [9.17, 15) is 0 Å². The number of aromatic nitrogens is 2. The Kier molecular flexibility index (Phi) is 6.11. The van der Waals surface area contributed by atoms with Crippen LogP contribution in [0.2, 0.25) is 0 Å². The summed E-state index contributed by atoms with van der Waals surface area (Å²) in [4.78, 5) is 10.9. The van der Waals surface area contributed by atoms with Gasteiger partial charge in [0.25, 0.3) is 0 Å². The smallest absolute Gasteiger partial charge is 0.138 e. The molecule has 7 aromatic rings. The van der Waals surface area contributed by atoms with Crippen molar-refractivity contribution < 1.29 is 9.05 Å². The van der Waals surface area contributed by atoms with Gasteiger partial charge in [0.15, 0.2) is 0 Å². The molecule has 0 unspecified atom stereocenters. The average molecular weight is 618 g/mol. The molecule has 0 fully saturated rings. The van der Waals surface area contributed by atoms with Gasteiger partial charge in [-0.2, -0.15) is 5.06 Å². The quantitative estimate of drug-likeness (QED) is 0.186. The highest BCUT2D eigenvalue weighted by Gasteiger charge is 2.29. The first-order valence-corrected chi connectivity index (χ1v) is 16.1. The fraction of sp³-hybridized carbons (Fsp3) is 0.167. The molecule has 0 saturated heterocycles. The Bertz CT molecular complexity index is 2390. The van der Waals surface area contributed by atoms with E-state index in [4.69, 9.17) is 14.0 Å². The summed E-state index contributed by atoms with van der Waals surface area (Å²) in [7, 11) is 0. The van der Waals surface area contributed by atoms with Gasteiger partial charge in [0.05, 0.1) is 28.1 Å². The minimum Gasteiger partial charge on any atom is -0.294 e. The zero-order valence-electron chi connectivity index (χ0n) is 30.0. The predicted molar refractivity (Wildman–Crippen MR) is 195 cm³/mol. The second-order valence-corrected chi connectivity index (χ2v) is 13.1. The third kappa shape index (κ3) is 4.77. The van der Waals surface area contributed by atoms with Gasteiger partial charge in [-0.1, -0.05) is 107 Å². The number of anilines is 3. The van der Waals surface area contributed by atoms with E-state index in [2.05, 4.69) is 123 Å². The largest absolute Gasteiger partial charge is 0.294 e. The standard InChI is InChI=1S/C42H38N4O/c1-28(2)33-15-6-7-16-34(33)29-23-24-43-41(25-29)45-37-18-9-8-17-35(37)36-22-21-31(27-40(36)45)42(3,4)30-13-12-14-32(26-30)46-39-20-11-10-19-38(39)44(5)47-46/h6-28H,1-5H3/i5D3. The monoisotopic (exact) mass is 617 g/mol. The first-order valence-electron chi connectivity index (χ1n) is 17.6. The molecule has 0 atom stereocenters. The maximum Gasteiger partial charge on any atom is 0.138 e. The van der Waals surface area contributed by atoms with Gasteiger partial charge >= 0.3 is 0 Å². The number of hydrogen-bond donors (Lipinski definition) is 0. The van der Waals surface area contributed by atoms with Crippen LogP contribution in [0.25, 0.3) is 38.8 Å². The maximum absolute atomic E-state index is 8.03. The molecule has 0 spiro atoms. The van der Waals surface area contributed by atoms with Gasteiger partial charge in [-0.3, -0.25) is 4.57 Å². The van der Waals surface area contributed by atoms with Crippen LogP contribution in [0.3, 0.4) is 0 Å². The van der Waals surface area contributed by atoms with Crippen molar-refractivity contribution in [1.29, 1.82) is 0 Å². The van der Waals surface area contributed by atoms with E-state index in [1.54, 1.807) is 11.1 Å². The number of rotatable bonds is 6. The molecule has 0 amide bonds. The van der Waals surface area contributed by atoms with Crippen LogP contribution < -0.4 is 10.1 Å². The second-order valence-electron chi connectivity index (χ2n) is 13.1. The fourth-order valence-corrected chi connectivity index (χ4v) is 6.93. The lowest BCUT2D eigenvalue weighted by atomic mass is 9.77. The molecule has 3 heterocycles. The number of benzene rings is 5. The van der Waals surface area contributed by atoms with Crippen molar-refractivity contribution >= 4 is 38.9 Å². The molecular weight excluding hydrogens is 576 g/mol. The summed E-state index contributed by atoms with van der Waals surface area (Å²) in [5, 5.41) is 4.93. The van der Waals surface area contributed by atoms with Crippen LogP contribution in [-0.2, 0) is 10.4 Å². The van der Waals surface area contributed by atoms with Gasteiger partial charge in [-0.05, 0) is 82.3 Å². The van der Waals surface area contributed by atoms with E-state index in [1.807, 2.05) is 36.5 Å². The van der Waals surface area contributed by atoms with Gasteiger partial charge in [-0.15, -0.1) is 4.94 Å². The summed E-state index contributed by atoms with van der Waals surface area (Å²) in [6, 6.07) is 43.6. The Balaban J connectivity index is 1.23. The SMILES string of the molecule is [2H]C([2H])([2H])N1ON(c2cccc(C(C)(C)c3ccc4c5ccccc5n(-c5cc(-c6ccccc6C(C)C)ccn5)c4c3)c2)c2ccccc21. The van der Waals surface area contributed by atoms with E-state index >= 15 is 0 Å². The summed E-state index contributed by atoms with van der Waals surface area (Å²) in [5.41, 5.74) is 9.57. The molecule has 1 aliphatic heterocycles. The van der Waals surface area contributed by atoms with Crippen LogP contribution in [0.15, 0.2) is 134 Å². The number of nitrogens with zero attached hydrogens (tertiary/aromatic N) is 4. The van der Waals surface area contributed by atoms with E-state index in [1.165, 1.54) is 16.5 Å². The van der Waals surface area contributed by atoms with Crippen LogP contribution in [-0.4, -0.2) is 16.5 Å². The lowest BCUT2D eigenvalue weighted by Gasteiger charge is -2.28. The number of pyridine rings is 1. The average Bonchev–Trinajstić information content (AvgIpc) is 3.68. The van der Waals surface area contributed by atoms with Gasteiger partial charge in [0, 0.05) is 33.5 Å². The molecule has 5 aromatic carbocycles. The van der Waals surface area contributed by atoms with Crippen molar-refractivity contribution in [1.82, 2.24) is 9.55 Å². The van der Waals surface area contributed by atoms with Crippen molar-refractivity contribution in [2.24, 2.45) is 0 Å². The molecule has 0 bridgehead atoms. The summed E-state index contributed by atoms with van der Waals surface area (Å²) < 4.78 is 26.4. The van der Waals surface area contributed by atoms with Gasteiger partial charge in [-0.25, -0.2) is 10.0 Å². The Morgan fingerprint density at radius 2 is 1.45 bits per heavy atom. The number of fused-ring (bicyclic) bond motifs is 4. The van der Waals surface area contributed by atoms with E-state index < -0.39 is 12.4 Å². The number of para-hydroxylation sites is 3. The van der Waals surface area contributed by atoms with Crippen LogP contribution >= 0.6 is 0 Å². The molecule has 0 saturated carbocycles. The fourth-order valence-electron chi connectivity index (χ4n) is 6.93. The van der Waals surface area contributed by atoms with Crippen molar-refractivity contribution in [3.63, 3.8) is 0 Å². The molecule has 2 aromatic heterocycles. The topological polar surface area (TPSA) is 33.5 Å². The van der Waals surface area contributed by atoms with Crippen molar-refractivity contribution in [2.75, 3.05) is 17.1 Å². The molecule has 0 N–H and O–H groups in total. The lowest BCUT2D eigenvalue weighted by Crippen LogP contribution is -2.22. The van der Waals surface area contributed by atoms with Crippen LogP contribution in [0.1, 0.15) is 54.4 Å². The lowest BCUT2D eigenvalue weighted by molar-refractivity contribution is 0.142. The molecule has 0 radical (unpaired) electrons. The molecule has 47 heavy (non-hydrogen) atoms. The Morgan fingerprint density at radius 3 is 2.30 bits per heavy atom. The highest BCUT2D eigenvalue weighted by atomic mass is 16.8. The molecule has 5 heteroatoms. The molecule has 8 rings (SSSR count). The van der Waals surface area contributed by atoms with Crippen LogP contribution in [0, 0.1) is 0 Å². The van der Waals surface area contributed by atoms with Gasteiger partial charge in [0.1, 0.15) is 5.82 Å². The predicted octanol–water partition coefficient (Wildman–Crippen LogP) is 10.7. The van der Waals surface area contributed by atoms with Crippen molar-refractivity contribution in [3.8, 4) is 16.9 Å². The highest BCUT2D eigenvalue weighted by Crippen LogP contribution is 2.43. The highest BCUT2D eigenvalue weighted by molar-refractivity contribution is 6.09. The molecule has 232 valence electrons. The first kappa shape index (κ1) is 25.8.